The van der Waals surface area contributed by atoms with Gasteiger partial charge in [-0.1, -0.05) is 36.8 Å². The maximum absolute atomic E-state index is 6.03. The number of aryl methyl sites for hydroxylation is 1. The third-order valence-electron chi connectivity index (χ3n) is 3.39. The molecule has 0 aliphatic carbocycles. The summed E-state index contributed by atoms with van der Waals surface area (Å²) in [6, 6.07) is 13.2. The third-order valence-corrected chi connectivity index (χ3v) is 3.39. The van der Waals surface area contributed by atoms with Crippen molar-refractivity contribution < 1.29 is 0 Å². The summed E-state index contributed by atoms with van der Waals surface area (Å²) >= 11 is 0. The molecule has 2 heteroatoms. The fraction of sp³-hybridized carbons (Fsp3) is 0.375. The van der Waals surface area contributed by atoms with Crippen molar-refractivity contribution in [3.05, 3.63) is 59.4 Å². The molecule has 96 valence electrons. The topological polar surface area (TPSA) is 30.9 Å². The van der Waals surface area contributed by atoms with Crippen LogP contribution in [0.3, 0.4) is 0 Å². The van der Waals surface area contributed by atoms with E-state index in [4.69, 9.17) is 5.73 Å². The molecule has 0 saturated carbocycles. The molecule has 0 saturated heterocycles. The molecule has 1 heterocycles. The van der Waals surface area contributed by atoms with Gasteiger partial charge >= 0.3 is 0 Å². The smallest absolute Gasteiger partial charge is 0.0472 e. The lowest BCUT2D eigenvalue weighted by molar-refractivity contribution is 0.610. The maximum atomic E-state index is 6.03. The van der Waals surface area contributed by atoms with Gasteiger partial charge in [0.15, 0.2) is 0 Å². The van der Waals surface area contributed by atoms with Crippen molar-refractivity contribution in [2.45, 2.75) is 39.3 Å². The highest BCUT2D eigenvalue weighted by molar-refractivity contribution is 5.22. The molecule has 2 rings (SSSR count). The van der Waals surface area contributed by atoms with Crippen LogP contribution in [0, 0.1) is 6.92 Å². The fourth-order valence-corrected chi connectivity index (χ4v) is 2.09. The van der Waals surface area contributed by atoms with Crippen LogP contribution in [0.4, 0.5) is 0 Å². The lowest BCUT2D eigenvalue weighted by Crippen LogP contribution is -2.23. The first kappa shape index (κ1) is 12.9. The molecule has 1 aromatic carbocycles. The van der Waals surface area contributed by atoms with Crippen LogP contribution in [0.1, 0.15) is 30.2 Å². The van der Waals surface area contributed by atoms with E-state index in [-0.39, 0.29) is 6.04 Å². The molecular formula is C16H22N2. The number of benzene rings is 1. The highest BCUT2D eigenvalue weighted by Gasteiger charge is 2.06. The van der Waals surface area contributed by atoms with Crippen LogP contribution in [0.15, 0.2) is 42.6 Å². The molecule has 0 bridgehead atoms. The van der Waals surface area contributed by atoms with Crippen molar-refractivity contribution >= 4 is 0 Å². The molecule has 18 heavy (non-hydrogen) atoms. The van der Waals surface area contributed by atoms with Gasteiger partial charge in [-0.3, -0.25) is 0 Å². The molecular weight excluding hydrogens is 220 g/mol. The number of hydrogen-bond acceptors (Lipinski definition) is 1. The van der Waals surface area contributed by atoms with E-state index in [2.05, 4.69) is 61.0 Å². The highest BCUT2D eigenvalue weighted by atomic mass is 15.0. The molecule has 0 spiro atoms. The van der Waals surface area contributed by atoms with Gasteiger partial charge in [-0.2, -0.15) is 0 Å². The Balaban J connectivity index is 2.09. The summed E-state index contributed by atoms with van der Waals surface area (Å²) in [5, 5.41) is 0. The lowest BCUT2D eigenvalue weighted by atomic mass is 10.1. The molecule has 0 radical (unpaired) electrons. The van der Waals surface area contributed by atoms with E-state index in [0.717, 1.165) is 19.4 Å². The van der Waals surface area contributed by atoms with Crippen LogP contribution in [0.2, 0.25) is 0 Å². The first-order valence-corrected chi connectivity index (χ1v) is 6.64. The van der Waals surface area contributed by atoms with Crippen molar-refractivity contribution in [3.8, 4) is 0 Å². The van der Waals surface area contributed by atoms with Crippen LogP contribution in [-0.2, 0) is 13.0 Å². The number of nitrogens with zero attached hydrogens (tertiary/aromatic N) is 1. The molecule has 2 aromatic rings. The third kappa shape index (κ3) is 3.23. The summed E-state index contributed by atoms with van der Waals surface area (Å²) < 4.78 is 2.29. The van der Waals surface area contributed by atoms with E-state index in [0.29, 0.717) is 0 Å². The van der Waals surface area contributed by atoms with Crippen molar-refractivity contribution in [1.29, 1.82) is 0 Å². The molecule has 0 amide bonds. The zero-order valence-electron chi connectivity index (χ0n) is 11.3. The molecule has 2 N–H and O–H groups in total. The second-order valence-corrected chi connectivity index (χ2v) is 4.99. The number of nitrogens with two attached hydrogens (primary N) is 1. The Hall–Kier alpha value is -1.54. The Kier molecular flexibility index (Phi) is 4.21. The minimum Gasteiger partial charge on any atom is -0.347 e. The van der Waals surface area contributed by atoms with Crippen molar-refractivity contribution in [2.24, 2.45) is 5.73 Å². The van der Waals surface area contributed by atoms with Gasteiger partial charge in [-0.05, 0) is 31.0 Å². The standard InChI is InChI=1S/C16H22N2/c1-3-15(17)11-16-5-4-10-18(16)12-14-8-6-13(2)7-9-14/h4-10,15H,3,11-12,17H2,1-2H3. The van der Waals surface area contributed by atoms with E-state index >= 15 is 0 Å². The van der Waals surface area contributed by atoms with E-state index in [1.54, 1.807) is 0 Å². The van der Waals surface area contributed by atoms with E-state index in [1.165, 1.54) is 16.8 Å². The summed E-state index contributed by atoms with van der Waals surface area (Å²) in [4.78, 5) is 0. The second-order valence-electron chi connectivity index (χ2n) is 4.99. The van der Waals surface area contributed by atoms with Gasteiger partial charge in [-0.15, -0.1) is 0 Å². The average molecular weight is 242 g/mol. The molecule has 2 nitrogen and oxygen atoms in total. The zero-order chi connectivity index (χ0) is 13.0. The Labute approximate surface area is 109 Å². The molecule has 0 fully saturated rings. The number of aromatic nitrogens is 1. The fourth-order valence-electron chi connectivity index (χ4n) is 2.09. The van der Waals surface area contributed by atoms with Gasteiger partial charge in [0.25, 0.3) is 0 Å². The van der Waals surface area contributed by atoms with Crippen molar-refractivity contribution in [3.63, 3.8) is 0 Å². The largest absolute Gasteiger partial charge is 0.347 e. The Bertz CT molecular complexity index is 482. The maximum Gasteiger partial charge on any atom is 0.0472 e. The highest BCUT2D eigenvalue weighted by Crippen LogP contribution is 2.11. The lowest BCUT2D eigenvalue weighted by Gasteiger charge is -2.13. The number of hydrogen-bond donors (Lipinski definition) is 1. The van der Waals surface area contributed by atoms with Gasteiger partial charge in [0.2, 0.25) is 0 Å². The summed E-state index contributed by atoms with van der Waals surface area (Å²) in [5.41, 5.74) is 10.00. The summed E-state index contributed by atoms with van der Waals surface area (Å²) in [6.07, 6.45) is 4.11. The summed E-state index contributed by atoms with van der Waals surface area (Å²) in [6.45, 7) is 5.18. The van der Waals surface area contributed by atoms with Crippen LogP contribution < -0.4 is 5.73 Å². The predicted molar refractivity (Wildman–Crippen MR) is 76.7 cm³/mol. The molecule has 0 aliphatic heterocycles. The quantitative estimate of drug-likeness (QED) is 0.858. The monoisotopic (exact) mass is 242 g/mol. The SMILES string of the molecule is CCC(N)Cc1cccn1Cc1ccc(C)cc1. The van der Waals surface area contributed by atoms with Crippen molar-refractivity contribution in [2.75, 3.05) is 0 Å². The predicted octanol–water partition coefficient (Wildman–Crippen LogP) is 3.12. The van der Waals surface area contributed by atoms with Gasteiger partial charge < -0.3 is 10.3 Å². The van der Waals surface area contributed by atoms with Crippen LogP contribution >= 0.6 is 0 Å². The molecule has 0 aliphatic rings. The molecule has 1 atom stereocenters. The Morgan fingerprint density at radius 3 is 2.56 bits per heavy atom. The summed E-state index contributed by atoms with van der Waals surface area (Å²) in [7, 11) is 0. The van der Waals surface area contributed by atoms with Gasteiger partial charge in [0.1, 0.15) is 0 Å². The average Bonchev–Trinajstić information content (AvgIpc) is 2.79. The first-order chi connectivity index (χ1) is 8.69. The normalized spacial score (nSPS) is 12.6. The van der Waals surface area contributed by atoms with Crippen molar-refractivity contribution in [1.82, 2.24) is 4.57 Å². The van der Waals surface area contributed by atoms with E-state index in [1.807, 2.05) is 0 Å². The molecule has 1 unspecified atom stereocenters. The van der Waals surface area contributed by atoms with E-state index in [9.17, 15) is 0 Å². The van der Waals surface area contributed by atoms with Crippen LogP contribution in [-0.4, -0.2) is 10.6 Å². The molecule has 1 aromatic heterocycles. The minimum absolute atomic E-state index is 0.261. The second kappa shape index (κ2) is 5.87. The Morgan fingerprint density at radius 2 is 1.89 bits per heavy atom. The minimum atomic E-state index is 0.261. The summed E-state index contributed by atoms with van der Waals surface area (Å²) in [5.74, 6) is 0. The van der Waals surface area contributed by atoms with Gasteiger partial charge in [0.05, 0.1) is 0 Å². The number of rotatable bonds is 5. The van der Waals surface area contributed by atoms with Crippen LogP contribution in [0.25, 0.3) is 0 Å². The zero-order valence-corrected chi connectivity index (χ0v) is 11.3. The Morgan fingerprint density at radius 1 is 1.17 bits per heavy atom. The van der Waals surface area contributed by atoms with Crippen LogP contribution in [0.5, 0.6) is 0 Å². The van der Waals surface area contributed by atoms with Gasteiger partial charge in [-0.25, -0.2) is 0 Å². The van der Waals surface area contributed by atoms with Gasteiger partial charge in [0, 0.05) is 30.9 Å². The van der Waals surface area contributed by atoms with E-state index < -0.39 is 0 Å². The first-order valence-electron chi connectivity index (χ1n) is 6.64.